The summed E-state index contributed by atoms with van der Waals surface area (Å²) in [5, 5.41) is 14.0. The van der Waals surface area contributed by atoms with E-state index in [2.05, 4.69) is 27.6 Å². The molecule has 1 atom stereocenters. The van der Waals surface area contributed by atoms with Crippen molar-refractivity contribution < 1.29 is 9.53 Å². The summed E-state index contributed by atoms with van der Waals surface area (Å²) in [7, 11) is 0. The number of aromatic amines is 1. The van der Waals surface area contributed by atoms with Gasteiger partial charge in [-0.1, -0.05) is 0 Å². The van der Waals surface area contributed by atoms with Gasteiger partial charge in [0.05, 0.1) is 25.8 Å². The molecule has 1 aromatic heterocycles. The molecule has 4 heterocycles. The van der Waals surface area contributed by atoms with E-state index < -0.39 is 0 Å². The number of amides is 1. The van der Waals surface area contributed by atoms with Gasteiger partial charge in [-0.15, -0.1) is 0 Å². The van der Waals surface area contributed by atoms with Crippen LogP contribution in [0.25, 0.3) is 0 Å². The van der Waals surface area contributed by atoms with Crippen LogP contribution < -0.4 is 16.3 Å². The predicted octanol–water partition coefficient (Wildman–Crippen LogP) is 0.431. The molecule has 176 valence electrons. The van der Waals surface area contributed by atoms with E-state index in [1.807, 2.05) is 11.1 Å². The molecule has 3 aliphatic rings. The van der Waals surface area contributed by atoms with E-state index in [-0.39, 0.29) is 23.9 Å². The van der Waals surface area contributed by atoms with Crippen molar-refractivity contribution in [1.82, 2.24) is 25.2 Å². The third-order valence-electron chi connectivity index (χ3n) is 5.96. The van der Waals surface area contributed by atoms with Gasteiger partial charge in [0.15, 0.2) is 0 Å². The van der Waals surface area contributed by atoms with Gasteiger partial charge in [0.1, 0.15) is 17.9 Å². The number of anilines is 1. The van der Waals surface area contributed by atoms with Crippen molar-refractivity contribution in [3.63, 3.8) is 0 Å². The Morgan fingerprint density at radius 2 is 2.18 bits per heavy atom. The maximum Gasteiger partial charge on any atom is 0.271 e. The van der Waals surface area contributed by atoms with Crippen LogP contribution in [0.15, 0.2) is 39.5 Å². The second kappa shape index (κ2) is 10.5. The largest absolute Gasteiger partial charge is 0.378 e. The average Bonchev–Trinajstić information content (AvgIpc) is 2.83. The molecule has 33 heavy (non-hydrogen) atoms. The van der Waals surface area contributed by atoms with Crippen molar-refractivity contribution in [3.05, 3.63) is 40.1 Å². The monoisotopic (exact) mass is 454 g/mol. The summed E-state index contributed by atoms with van der Waals surface area (Å²) in [5.74, 6) is 1.27. The summed E-state index contributed by atoms with van der Waals surface area (Å²) in [5.41, 5.74) is 4.77. The van der Waals surface area contributed by atoms with Crippen LogP contribution >= 0.6 is 0 Å². The van der Waals surface area contributed by atoms with Crippen LogP contribution in [0.5, 0.6) is 0 Å². The first-order valence-corrected chi connectivity index (χ1v) is 11.3. The lowest BCUT2D eigenvalue weighted by molar-refractivity contribution is -0.131. The van der Waals surface area contributed by atoms with E-state index in [0.717, 1.165) is 37.3 Å². The van der Waals surface area contributed by atoms with Crippen LogP contribution in [0.1, 0.15) is 26.2 Å². The van der Waals surface area contributed by atoms with Gasteiger partial charge < -0.3 is 24.8 Å². The van der Waals surface area contributed by atoms with E-state index in [0.29, 0.717) is 44.5 Å². The maximum atomic E-state index is 12.3. The lowest BCUT2D eigenvalue weighted by atomic mass is 10.1. The Kier molecular flexibility index (Phi) is 7.26. The predicted molar refractivity (Wildman–Crippen MR) is 123 cm³/mol. The number of H-pyrrole nitrogens is 1. The van der Waals surface area contributed by atoms with Crippen LogP contribution in [-0.2, 0) is 9.53 Å². The molecule has 2 fully saturated rings. The number of likely N-dealkylation sites (tertiary alicyclic amines) is 1. The number of pyridine rings is 1. The number of hydrogen-bond donors (Lipinski definition) is 3. The van der Waals surface area contributed by atoms with Gasteiger partial charge in [0.25, 0.3) is 5.56 Å². The number of nitriles is 1. The number of morpholine rings is 1. The lowest BCUT2D eigenvalue weighted by Gasteiger charge is -2.40. The number of hydrazine groups is 1. The van der Waals surface area contributed by atoms with Gasteiger partial charge in [-0.2, -0.15) is 10.3 Å². The molecule has 2 saturated heterocycles. The number of piperidine rings is 1. The molecule has 3 aliphatic heterocycles. The van der Waals surface area contributed by atoms with Crippen molar-refractivity contribution in [2.45, 2.75) is 32.2 Å². The van der Waals surface area contributed by atoms with Crippen LogP contribution in [0.3, 0.4) is 0 Å². The zero-order valence-corrected chi connectivity index (χ0v) is 18.8. The average molecular weight is 455 g/mol. The second-order valence-electron chi connectivity index (χ2n) is 8.41. The maximum absolute atomic E-state index is 12.3. The van der Waals surface area contributed by atoms with Gasteiger partial charge >= 0.3 is 0 Å². The summed E-state index contributed by atoms with van der Waals surface area (Å²) < 4.78 is 5.48. The van der Waals surface area contributed by atoms with E-state index in [4.69, 9.17) is 15.0 Å². The Balaban J connectivity index is 1.54. The van der Waals surface area contributed by atoms with E-state index in [1.54, 1.807) is 23.2 Å². The van der Waals surface area contributed by atoms with Crippen molar-refractivity contribution in [2.75, 3.05) is 51.3 Å². The number of nitrogens with zero attached hydrogens (tertiary/aromatic N) is 5. The van der Waals surface area contributed by atoms with Gasteiger partial charge in [-0.3, -0.25) is 14.6 Å². The lowest BCUT2D eigenvalue weighted by Crippen LogP contribution is -2.58. The number of hydrogen-bond acceptors (Lipinski definition) is 9. The highest BCUT2D eigenvalue weighted by Crippen LogP contribution is 2.21. The number of ether oxygens (including phenoxy) is 1. The van der Waals surface area contributed by atoms with Crippen LogP contribution in [-0.4, -0.2) is 83.6 Å². The first-order chi connectivity index (χ1) is 16.0. The number of rotatable bonds is 5. The molecule has 4 rings (SSSR count). The quantitative estimate of drug-likeness (QED) is 0.584. The highest BCUT2D eigenvalue weighted by molar-refractivity contribution is 5.94. The summed E-state index contributed by atoms with van der Waals surface area (Å²) >= 11 is 0. The topological polar surface area (TPSA) is 129 Å². The fraction of sp³-hybridized carbons (Fsp3) is 0.545. The Bertz CT molecular complexity index is 1020. The number of guanidine groups is 1. The SMILES string of the molecule is CC1=C(N2CCOCC2)N=C(Nc2ccc[nH]c2=O)N(N[C@@H]2CCCN(C(=O)CC#N)C2)C1. The second-order valence-corrected chi connectivity index (χ2v) is 8.41. The highest BCUT2D eigenvalue weighted by atomic mass is 16.5. The van der Waals surface area contributed by atoms with E-state index >= 15 is 0 Å². The molecule has 11 heteroatoms. The number of carbonyl (C=O) groups excluding carboxylic acids is 1. The molecule has 0 radical (unpaired) electrons. The Hall–Kier alpha value is -3.36. The number of aromatic nitrogens is 1. The fourth-order valence-corrected chi connectivity index (χ4v) is 4.31. The molecule has 1 aromatic rings. The van der Waals surface area contributed by atoms with Gasteiger partial charge in [0.2, 0.25) is 11.9 Å². The Morgan fingerprint density at radius 3 is 2.94 bits per heavy atom. The first kappa shape index (κ1) is 22.8. The number of nitrogens with one attached hydrogen (secondary N) is 3. The molecule has 0 saturated carbocycles. The van der Waals surface area contributed by atoms with Crippen LogP contribution in [0.4, 0.5) is 5.69 Å². The summed E-state index contributed by atoms with van der Waals surface area (Å²) in [6.07, 6.45) is 3.23. The third kappa shape index (κ3) is 5.53. The van der Waals surface area contributed by atoms with Crippen molar-refractivity contribution >= 4 is 17.6 Å². The molecule has 3 N–H and O–H groups in total. The molecular formula is C22H30N8O3. The molecule has 0 bridgehead atoms. The number of aliphatic imine (C=N–C) groups is 1. The van der Waals surface area contributed by atoms with Crippen molar-refractivity contribution in [3.8, 4) is 6.07 Å². The Labute approximate surface area is 192 Å². The highest BCUT2D eigenvalue weighted by Gasteiger charge is 2.29. The van der Waals surface area contributed by atoms with Crippen LogP contribution in [0.2, 0.25) is 0 Å². The minimum absolute atomic E-state index is 0.0141. The summed E-state index contributed by atoms with van der Waals surface area (Å²) in [4.78, 5) is 36.0. The minimum atomic E-state index is -0.231. The van der Waals surface area contributed by atoms with Gasteiger partial charge in [0, 0.05) is 38.4 Å². The minimum Gasteiger partial charge on any atom is -0.378 e. The molecule has 11 nitrogen and oxygen atoms in total. The molecule has 0 unspecified atom stereocenters. The van der Waals surface area contributed by atoms with E-state index in [9.17, 15) is 9.59 Å². The molecule has 0 spiro atoms. The van der Waals surface area contributed by atoms with Gasteiger partial charge in [-0.05, 0) is 37.5 Å². The molecule has 0 aromatic carbocycles. The summed E-state index contributed by atoms with van der Waals surface area (Å²) in [6.45, 7) is 6.66. The normalized spacial score (nSPS) is 21.5. The molecule has 0 aliphatic carbocycles. The number of carbonyl (C=O) groups is 1. The van der Waals surface area contributed by atoms with Crippen molar-refractivity contribution in [2.24, 2.45) is 4.99 Å². The third-order valence-corrected chi connectivity index (χ3v) is 5.96. The standard InChI is InChI=1S/C22H30N8O3/c1-16-14-30(27-17-4-3-9-29(15-17)19(31)6-7-23)22(25-18-5-2-8-24-21(18)32)26-20(16)28-10-12-33-13-11-28/h2,5,8,17,27H,3-4,6,9-15H2,1H3,(H,24,32)(H,25,26)/t17-/m1/s1. The molecule has 1 amide bonds. The van der Waals surface area contributed by atoms with E-state index in [1.165, 1.54) is 0 Å². The van der Waals surface area contributed by atoms with Gasteiger partial charge in [-0.25, -0.2) is 5.43 Å². The van der Waals surface area contributed by atoms with Crippen molar-refractivity contribution in [1.29, 1.82) is 5.26 Å². The first-order valence-electron chi connectivity index (χ1n) is 11.3. The fourth-order valence-electron chi connectivity index (χ4n) is 4.31. The summed E-state index contributed by atoms with van der Waals surface area (Å²) in [6, 6.07) is 5.42. The van der Waals surface area contributed by atoms with Crippen LogP contribution in [0, 0.1) is 11.3 Å². The smallest absolute Gasteiger partial charge is 0.271 e. The Morgan fingerprint density at radius 1 is 1.36 bits per heavy atom. The zero-order chi connectivity index (χ0) is 23.2. The zero-order valence-electron chi connectivity index (χ0n) is 18.8. The molecular weight excluding hydrogens is 424 g/mol.